The van der Waals surface area contributed by atoms with Crippen LogP contribution in [-0.2, 0) is 9.84 Å². The van der Waals surface area contributed by atoms with Gasteiger partial charge < -0.3 is 10.1 Å². The second kappa shape index (κ2) is 6.46. The van der Waals surface area contributed by atoms with Crippen molar-refractivity contribution in [3.05, 3.63) is 48.5 Å². The summed E-state index contributed by atoms with van der Waals surface area (Å²) in [5.74, 6) is 2.46. The van der Waals surface area contributed by atoms with Crippen LogP contribution < -0.4 is 10.1 Å². The van der Waals surface area contributed by atoms with Gasteiger partial charge in [0.1, 0.15) is 5.75 Å². The summed E-state index contributed by atoms with van der Waals surface area (Å²) in [4.78, 5) is 0.345. The third-order valence-corrected chi connectivity index (χ3v) is 6.51. The number of sulfone groups is 1. The molecule has 3 atom stereocenters. The molecule has 4 nitrogen and oxygen atoms in total. The van der Waals surface area contributed by atoms with E-state index in [2.05, 4.69) is 5.32 Å². The van der Waals surface area contributed by atoms with Crippen LogP contribution in [0, 0.1) is 11.8 Å². The van der Waals surface area contributed by atoms with Crippen molar-refractivity contribution in [1.82, 2.24) is 5.32 Å². The molecule has 25 heavy (non-hydrogen) atoms. The van der Waals surface area contributed by atoms with E-state index >= 15 is 0 Å². The molecule has 2 fully saturated rings. The average Bonchev–Trinajstić information content (AvgIpc) is 3.16. The van der Waals surface area contributed by atoms with Crippen molar-refractivity contribution in [1.29, 1.82) is 0 Å². The van der Waals surface area contributed by atoms with Crippen LogP contribution in [0.25, 0.3) is 11.1 Å². The largest absolute Gasteiger partial charge is 0.490 e. The Labute approximate surface area is 149 Å². The second-order valence-electron chi connectivity index (χ2n) is 7.21. The number of nitrogens with one attached hydrogen (secondary N) is 1. The van der Waals surface area contributed by atoms with E-state index in [-0.39, 0.29) is 0 Å². The summed E-state index contributed by atoms with van der Waals surface area (Å²) in [5, 5.41) is 3.45. The minimum Gasteiger partial charge on any atom is -0.490 e. The smallest absolute Gasteiger partial charge is 0.175 e. The average molecular weight is 357 g/mol. The first-order valence-electron chi connectivity index (χ1n) is 8.77. The molecule has 1 aliphatic heterocycles. The molecule has 4 rings (SSSR count). The highest BCUT2D eigenvalue weighted by Gasteiger charge is 2.38. The quantitative estimate of drug-likeness (QED) is 0.913. The number of fused-ring (bicyclic) bond motifs is 1. The van der Waals surface area contributed by atoms with Crippen LogP contribution in [0.4, 0.5) is 0 Å². The Balaban J connectivity index is 1.43. The van der Waals surface area contributed by atoms with Gasteiger partial charge in [0, 0.05) is 6.26 Å². The zero-order valence-electron chi connectivity index (χ0n) is 14.3. The molecule has 0 radical (unpaired) electrons. The summed E-state index contributed by atoms with van der Waals surface area (Å²) in [5.41, 5.74) is 2.06. The molecule has 2 aromatic rings. The van der Waals surface area contributed by atoms with E-state index in [1.165, 1.54) is 6.26 Å². The van der Waals surface area contributed by atoms with Gasteiger partial charge in [-0.1, -0.05) is 24.3 Å². The predicted molar refractivity (Wildman–Crippen MR) is 98.5 cm³/mol. The Morgan fingerprint density at radius 3 is 1.92 bits per heavy atom. The SMILES string of the molecule is CS(=O)(=O)c1ccc(-c2ccc(OC3CC4CNC[C@@H]4C3)cc2)cc1. The molecular weight excluding hydrogens is 334 g/mol. The van der Waals surface area contributed by atoms with Crippen LogP contribution in [0.2, 0.25) is 0 Å². The number of rotatable bonds is 4. The van der Waals surface area contributed by atoms with Gasteiger partial charge in [-0.15, -0.1) is 0 Å². The number of benzene rings is 2. The molecule has 2 aliphatic rings. The number of hydrogen-bond donors (Lipinski definition) is 1. The lowest BCUT2D eigenvalue weighted by molar-refractivity contribution is 0.199. The van der Waals surface area contributed by atoms with E-state index in [1.807, 2.05) is 36.4 Å². The Hall–Kier alpha value is -1.85. The third-order valence-electron chi connectivity index (χ3n) is 5.38. The van der Waals surface area contributed by atoms with E-state index in [4.69, 9.17) is 4.74 Å². The van der Waals surface area contributed by atoms with E-state index in [0.29, 0.717) is 11.0 Å². The molecule has 1 aliphatic carbocycles. The fraction of sp³-hybridized carbons (Fsp3) is 0.400. The first kappa shape index (κ1) is 16.6. The molecule has 0 amide bonds. The van der Waals surface area contributed by atoms with Crippen molar-refractivity contribution >= 4 is 9.84 Å². The maximum atomic E-state index is 11.5. The van der Waals surface area contributed by atoms with Crippen LogP contribution in [0.5, 0.6) is 5.75 Å². The minimum atomic E-state index is -3.15. The van der Waals surface area contributed by atoms with Gasteiger partial charge in [-0.3, -0.25) is 0 Å². The summed E-state index contributed by atoms with van der Waals surface area (Å²) >= 11 is 0. The summed E-state index contributed by atoms with van der Waals surface area (Å²) in [6.45, 7) is 2.26. The van der Waals surface area contributed by atoms with Crippen LogP contribution >= 0.6 is 0 Å². The predicted octanol–water partition coefficient (Wildman–Crippen LogP) is 3.13. The Morgan fingerprint density at radius 1 is 0.880 bits per heavy atom. The fourth-order valence-electron chi connectivity index (χ4n) is 4.02. The van der Waals surface area contributed by atoms with Gasteiger partial charge in [0.15, 0.2) is 9.84 Å². The summed E-state index contributed by atoms with van der Waals surface area (Å²) in [6.07, 6.45) is 3.84. The highest BCUT2D eigenvalue weighted by Crippen LogP contribution is 2.36. The first-order valence-corrected chi connectivity index (χ1v) is 10.7. The molecule has 5 heteroatoms. The van der Waals surface area contributed by atoms with Gasteiger partial charge in [0.25, 0.3) is 0 Å². The van der Waals surface area contributed by atoms with Crippen molar-refractivity contribution in [3.8, 4) is 16.9 Å². The van der Waals surface area contributed by atoms with Gasteiger partial charge in [0.2, 0.25) is 0 Å². The van der Waals surface area contributed by atoms with Crippen molar-refractivity contribution in [2.45, 2.75) is 23.8 Å². The Morgan fingerprint density at radius 2 is 1.40 bits per heavy atom. The molecule has 1 N–H and O–H groups in total. The lowest BCUT2D eigenvalue weighted by atomic mass is 10.0. The lowest BCUT2D eigenvalue weighted by Gasteiger charge is -2.15. The summed E-state index contributed by atoms with van der Waals surface area (Å²) in [7, 11) is -3.15. The Bertz CT molecular complexity index is 832. The third kappa shape index (κ3) is 3.58. The first-order chi connectivity index (χ1) is 12.0. The van der Waals surface area contributed by atoms with Gasteiger partial charge in [-0.05, 0) is 73.2 Å². The summed E-state index contributed by atoms with van der Waals surface area (Å²) in [6, 6.07) is 15.1. The number of hydrogen-bond acceptors (Lipinski definition) is 4. The molecule has 2 unspecified atom stereocenters. The molecule has 2 aromatic carbocycles. The van der Waals surface area contributed by atoms with Crippen LogP contribution in [0.1, 0.15) is 12.8 Å². The second-order valence-corrected chi connectivity index (χ2v) is 9.23. The zero-order valence-corrected chi connectivity index (χ0v) is 15.1. The van der Waals surface area contributed by atoms with Crippen molar-refractivity contribution in [2.75, 3.05) is 19.3 Å². The molecule has 1 saturated carbocycles. The van der Waals surface area contributed by atoms with Crippen LogP contribution in [0.15, 0.2) is 53.4 Å². The van der Waals surface area contributed by atoms with E-state index in [9.17, 15) is 8.42 Å². The minimum absolute atomic E-state index is 0.331. The molecule has 1 heterocycles. The van der Waals surface area contributed by atoms with Crippen molar-refractivity contribution in [2.24, 2.45) is 11.8 Å². The molecule has 0 bridgehead atoms. The molecule has 0 spiro atoms. The van der Waals surface area contributed by atoms with E-state index < -0.39 is 9.84 Å². The lowest BCUT2D eigenvalue weighted by Crippen LogP contribution is -2.18. The highest BCUT2D eigenvalue weighted by atomic mass is 32.2. The number of ether oxygens (including phenoxy) is 1. The zero-order chi connectivity index (χ0) is 17.4. The van der Waals surface area contributed by atoms with Crippen LogP contribution in [-0.4, -0.2) is 33.9 Å². The normalized spacial score (nSPS) is 25.7. The standard InChI is InChI=1S/C20H23NO3S/c1-25(22,23)20-8-4-15(5-9-20)14-2-6-18(7-3-14)24-19-10-16-12-21-13-17(16)11-19/h2-9,16-17,19,21H,10-13H2,1H3/t16-,17?,19?/m0/s1. The highest BCUT2D eigenvalue weighted by molar-refractivity contribution is 7.90. The molecule has 0 aromatic heterocycles. The maximum Gasteiger partial charge on any atom is 0.175 e. The van der Waals surface area contributed by atoms with Gasteiger partial charge in [-0.2, -0.15) is 0 Å². The fourth-order valence-corrected chi connectivity index (χ4v) is 4.65. The molecular formula is C20H23NO3S. The van der Waals surface area contributed by atoms with E-state index in [1.54, 1.807) is 12.1 Å². The van der Waals surface area contributed by atoms with Gasteiger partial charge in [0.05, 0.1) is 11.0 Å². The molecule has 132 valence electrons. The monoisotopic (exact) mass is 357 g/mol. The molecule has 1 saturated heterocycles. The van der Waals surface area contributed by atoms with Crippen molar-refractivity contribution in [3.63, 3.8) is 0 Å². The maximum absolute atomic E-state index is 11.5. The topological polar surface area (TPSA) is 55.4 Å². The van der Waals surface area contributed by atoms with Gasteiger partial charge >= 0.3 is 0 Å². The van der Waals surface area contributed by atoms with Gasteiger partial charge in [-0.25, -0.2) is 8.42 Å². The van der Waals surface area contributed by atoms with Crippen molar-refractivity contribution < 1.29 is 13.2 Å². The summed E-state index contributed by atoms with van der Waals surface area (Å²) < 4.78 is 29.2. The Kier molecular flexibility index (Phi) is 4.29. The van der Waals surface area contributed by atoms with E-state index in [0.717, 1.165) is 54.6 Å². The van der Waals surface area contributed by atoms with Crippen LogP contribution in [0.3, 0.4) is 0 Å².